The van der Waals surface area contributed by atoms with Gasteiger partial charge in [-0.3, -0.25) is 9.59 Å². The topological polar surface area (TPSA) is 72.8 Å². The number of para-hydroxylation sites is 1. The fourth-order valence-electron chi connectivity index (χ4n) is 2.39. The van der Waals surface area contributed by atoms with E-state index >= 15 is 0 Å². The molecule has 1 aromatic rings. The van der Waals surface area contributed by atoms with Gasteiger partial charge in [-0.15, -0.1) is 0 Å². The monoisotopic (exact) mass is 406 g/mol. The molecular weight excluding hydrogens is 368 g/mol. The maximum absolute atomic E-state index is 11.1. The van der Waals surface area contributed by atoms with Gasteiger partial charge in [-0.1, -0.05) is 57.0 Å². The van der Waals surface area contributed by atoms with E-state index in [1.165, 1.54) is 12.0 Å². The van der Waals surface area contributed by atoms with Gasteiger partial charge in [0.15, 0.2) is 0 Å². The normalized spacial score (nSPS) is 11.1. The Labute approximate surface area is 176 Å². The summed E-state index contributed by atoms with van der Waals surface area (Å²) in [5.74, 6) is 0.484. The fraction of sp³-hybridized carbons (Fsp3) is 0.583. The highest BCUT2D eigenvalue weighted by molar-refractivity contribution is 5.71. The summed E-state index contributed by atoms with van der Waals surface area (Å²) in [5, 5.41) is 8.47. The van der Waals surface area contributed by atoms with Crippen LogP contribution in [0.2, 0.25) is 0 Å². The summed E-state index contributed by atoms with van der Waals surface area (Å²) in [6.07, 6.45) is 6.69. The van der Waals surface area contributed by atoms with E-state index < -0.39 is 5.97 Å². The Bertz CT molecular complexity index is 589. The van der Waals surface area contributed by atoms with E-state index in [0.717, 1.165) is 25.0 Å². The van der Waals surface area contributed by atoms with E-state index in [0.29, 0.717) is 25.6 Å². The summed E-state index contributed by atoms with van der Waals surface area (Å²) in [5.41, 5.74) is 1.36. The van der Waals surface area contributed by atoms with Crippen molar-refractivity contribution >= 4 is 11.9 Å². The SMILES string of the molecule is CC(C)=CCCC(C)CCCC(=O)O.CC(C)C(=O)OCCOc1ccccc1. The molecule has 5 nitrogen and oxygen atoms in total. The Hall–Kier alpha value is -2.30. The van der Waals surface area contributed by atoms with E-state index in [4.69, 9.17) is 14.6 Å². The molecule has 0 spiro atoms. The Morgan fingerprint density at radius 2 is 1.69 bits per heavy atom. The van der Waals surface area contributed by atoms with Crippen LogP contribution in [-0.4, -0.2) is 30.3 Å². The van der Waals surface area contributed by atoms with Crippen molar-refractivity contribution in [1.82, 2.24) is 0 Å². The molecule has 0 aliphatic rings. The molecule has 5 heteroatoms. The summed E-state index contributed by atoms with van der Waals surface area (Å²) in [6.45, 7) is 10.7. The van der Waals surface area contributed by atoms with Crippen LogP contribution in [0.15, 0.2) is 42.0 Å². The minimum Gasteiger partial charge on any atom is -0.490 e. The van der Waals surface area contributed by atoms with E-state index in [-0.39, 0.29) is 11.9 Å². The fourth-order valence-corrected chi connectivity index (χ4v) is 2.39. The molecule has 0 aromatic heterocycles. The Morgan fingerprint density at radius 3 is 2.24 bits per heavy atom. The maximum atomic E-state index is 11.1. The standard InChI is InChI=1S/C12H16O3.C12H22O2/c1-10(2)12(13)15-9-8-14-11-6-4-3-5-7-11;1-10(2)6-4-7-11(3)8-5-9-12(13)14/h3-7,10H,8-9H2,1-2H3;6,11H,4-5,7-9H2,1-3H3,(H,13,14). The molecule has 0 amide bonds. The number of hydrogen-bond acceptors (Lipinski definition) is 4. The molecule has 0 bridgehead atoms. The van der Waals surface area contributed by atoms with Crippen LogP contribution >= 0.6 is 0 Å². The average Bonchev–Trinajstić information content (AvgIpc) is 2.65. The molecule has 0 saturated carbocycles. The van der Waals surface area contributed by atoms with E-state index in [9.17, 15) is 9.59 Å². The molecule has 0 aliphatic heterocycles. The van der Waals surface area contributed by atoms with Gasteiger partial charge < -0.3 is 14.6 Å². The summed E-state index contributed by atoms with van der Waals surface area (Å²) in [4.78, 5) is 21.4. The minimum absolute atomic E-state index is 0.0817. The molecule has 1 aromatic carbocycles. The highest BCUT2D eigenvalue weighted by Gasteiger charge is 2.07. The molecule has 1 atom stereocenters. The number of benzene rings is 1. The lowest BCUT2D eigenvalue weighted by Gasteiger charge is -2.08. The first-order valence-electron chi connectivity index (χ1n) is 10.4. The van der Waals surface area contributed by atoms with Gasteiger partial charge in [-0.05, 0) is 51.2 Å². The summed E-state index contributed by atoms with van der Waals surface area (Å²) in [6, 6.07) is 9.45. The van der Waals surface area contributed by atoms with Crippen molar-refractivity contribution in [3.05, 3.63) is 42.0 Å². The number of ether oxygens (including phenoxy) is 2. The third kappa shape index (κ3) is 17.5. The van der Waals surface area contributed by atoms with Gasteiger partial charge in [0.05, 0.1) is 5.92 Å². The molecule has 164 valence electrons. The van der Waals surface area contributed by atoms with Gasteiger partial charge in [0.2, 0.25) is 0 Å². The zero-order valence-corrected chi connectivity index (χ0v) is 18.6. The quantitative estimate of drug-likeness (QED) is 0.266. The zero-order valence-electron chi connectivity index (χ0n) is 18.6. The van der Waals surface area contributed by atoms with Crippen molar-refractivity contribution in [3.8, 4) is 5.75 Å². The molecule has 0 heterocycles. The summed E-state index contributed by atoms with van der Waals surface area (Å²) in [7, 11) is 0. The zero-order chi connectivity index (χ0) is 22.1. The van der Waals surface area contributed by atoms with Gasteiger partial charge in [0.25, 0.3) is 0 Å². The molecular formula is C24H38O5. The second-order valence-corrected chi connectivity index (χ2v) is 7.73. The average molecular weight is 407 g/mol. The second-order valence-electron chi connectivity index (χ2n) is 7.73. The van der Waals surface area contributed by atoms with E-state index in [1.807, 2.05) is 30.3 Å². The van der Waals surface area contributed by atoms with Crippen LogP contribution in [0, 0.1) is 11.8 Å². The summed E-state index contributed by atoms with van der Waals surface area (Å²) >= 11 is 0. The third-order valence-electron chi connectivity index (χ3n) is 4.11. The minimum atomic E-state index is -0.679. The van der Waals surface area contributed by atoms with Crippen molar-refractivity contribution < 1.29 is 24.2 Å². The smallest absolute Gasteiger partial charge is 0.308 e. The predicted molar refractivity (Wildman–Crippen MR) is 117 cm³/mol. The molecule has 1 N–H and O–H groups in total. The van der Waals surface area contributed by atoms with Gasteiger partial charge in [0.1, 0.15) is 19.0 Å². The number of allylic oxidation sites excluding steroid dienone is 2. The van der Waals surface area contributed by atoms with Crippen LogP contribution < -0.4 is 4.74 Å². The van der Waals surface area contributed by atoms with Gasteiger partial charge >= 0.3 is 11.9 Å². The molecule has 1 rings (SSSR count). The Balaban J connectivity index is 0.000000543. The van der Waals surface area contributed by atoms with Crippen molar-refractivity contribution in [2.75, 3.05) is 13.2 Å². The van der Waals surface area contributed by atoms with Crippen molar-refractivity contribution in [2.24, 2.45) is 11.8 Å². The first-order chi connectivity index (χ1) is 13.7. The number of rotatable bonds is 12. The molecule has 0 saturated heterocycles. The number of carbonyl (C=O) groups excluding carboxylic acids is 1. The van der Waals surface area contributed by atoms with Crippen LogP contribution in [0.25, 0.3) is 0 Å². The Kier molecular flexibility index (Phi) is 15.3. The van der Waals surface area contributed by atoms with Crippen LogP contribution in [0.3, 0.4) is 0 Å². The molecule has 1 unspecified atom stereocenters. The van der Waals surface area contributed by atoms with Crippen LogP contribution in [0.4, 0.5) is 0 Å². The predicted octanol–water partition coefficient (Wildman–Crippen LogP) is 5.89. The van der Waals surface area contributed by atoms with Crippen molar-refractivity contribution in [2.45, 2.75) is 66.7 Å². The second kappa shape index (κ2) is 16.6. The first kappa shape index (κ1) is 26.7. The summed E-state index contributed by atoms with van der Waals surface area (Å²) < 4.78 is 10.3. The molecule has 29 heavy (non-hydrogen) atoms. The van der Waals surface area contributed by atoms with Gasteiger partial charge in [-0.2, -0.15) is 0 Å². The first-order valence-corrected chi connectivity index (χ1v) is 10.4. The molecule has 0 fully saturated rings. The highest BCUT2D eigenvalue weighted by Crippen LogP contribution is 2.14. The highest BCUT2D eigenvalue weighted by atomic mass is 16.6. The van der Waals surface area contributed by atoms with E-state index in [1.54, 1.807) is 13.8 Å². The number of esters is 1. The number of aliphatic carboxylic acids is 1. The largest absolute Gasteiger partial charge is 0.490 e. The molecule has 0 radical (unpaired) electrons. The molecule has 0 aliphatic carbocycles. The van der Waals surface area contributed by atoms with Crippen LogP contribution in [0.1, 0.15) is 66.7 Å². The number of hydrogen-bond donors (Lipinski definition) is 1. The number of carboxylic acids is 1. The third-order valence-corrected chi connectivity index (χ3v) is 4.11. The van der Waals surface area contributed by atoms with Crippen molar-refractivity contribution in [3.63, 3.8) is 0 Å². The van der Waals surface area contributed by atoms with Crippen molar-refractivity contribution in [1.29, 1.82) is 0 Å². The van der Waals surface area contributed by atoms with Gasteiger partial charge in [0, 0.05) is 6.42 Å². The van der Waals surface area contributed by atoms with Crippen LogP contribution in [-0.2, 0) is 14.3 Å². The lowest BCUT2D eigenvalue weighted by molar-refractivity contribution is -0.148. The van der Waals surface area contributed by atoms with Crippen LogP contribution in [0.5, 0.6) is 5.75 Å². The maximum Gasteiger partial charge on any atom is 0.308 e. The Morgan fingerprint density at radius 1 is 1.03 bits per heavy atom. The number of carboxylic acid groups (broad SMARTS) is 1. The van der Waals surface area contributed by atoms with E-state index in [2.05, 4.69) is 26.8 Å². The number of carbonyl (C=O) groups is 2. The lowest BCUT2D eigenvalue weighted by atomic mass is 9.98. The lowest BCUT2D eigenvalue weighted by Crippen LogP contribution is -2.16. The van der Waals surface area contributed by atoms with Gasteiger partial charge in [-0.25, -0.2) is 0 Å².